The third-order valence-corrected chi connectivity index (χ3v) is 5.19. The largest absolute Gasteiger partial charge is 0.235 e. The summed E-state index contributed by atoms with van der Waals surface area (Å²) < 4.78 is 0. The molecule has 0 saturated heterocycles. The molecule has 0 heterocycles. The number of nitrogens with zero attached hydrogens (tertiary/aromatic N) is 2. The number of rotatable bonds is 3. The van der Waals surface area contributed by atoms with Crippen LogP contribution >= 0.6 is 0 Å². The van der Waals surface area contributed by atoms with Gasteiger partial charge in [0.2, 0.25) is 12.2 Å². The topological polar surface area (TPSA) is 58.9 Å². The Hall–Kier alpha value is -1.24. The maximum atomic E-state index is 10.4. The predicted octanol–water partition coefficient (Wildman–Crippen LogP) is 1.46. The molecular formula is C12H14N2O2. The van der Waals surface area contributed by atoms with Crippen molar-refractivity contribution in [2.45, 2.75) is 31.7 Å². The molecule has 3 aliphatic rings. The van der Waals surface area contributed by atoms with Crippen molar-refractivity contribution >= 4 is 12.2 Å². The lowest BCUT2D eigenvalue weighted by atomic mass is 9.75. The van der Waals surface area contributed by atoms with E-state index < -0.39 is 0 Å². The molecule has 0 spiro atoms. The van der Waals surface area contributed by atoms with E-state index in [9.17, 15) is 9.59 Å². The first-order valence-corrected chi connectivity index (χ1v) is 5.92. The van der Waals surface area contributed by atoms with Crippen LogP contribution in [0.1, 0.15) is 25.7 Å². The number of hydrogen-bond donors (Lipinski definition) is 0. The van der Waals surface area contributed by atoms with E-state index in [0.717, 1.165) is 12.8 Å². The molecule has 3 saturated carbocycles. The summed E-state index contributed by atoms with van der Waals surface area (Å²) in [6.45, 7) is 0.590. The third kappa shape index (κ3) is 1.06. The van der Waals surface area contributed by atoms with Gasteiger partial charge in [-0.05, 0) is 48.9 Å². The van der Waals surface area contributed by atoms with Gasteiger partial charge in [-0.2, -0.15) is 0 Å². The molecule has 0 aromatic carbocycles. The number of isocyanates is 2. The molecule has 5 unspecified atom stereocenters. The van der Waals surface area contributed by atoms with E-state index in [2.05, 4.69) is 9.98 Å². The molecule has 4 nitrogen and oxygen atoms in total. The second kappa shape index (κ2) is 3.38. The Morgan fingerprint density at radius 3 is 2.88 bits per heavy atom. The first-order valence-electron chi connectivity index (χ1n) is 5.92. The zero-order chi connectivity index (χ0) is 11.2. The number of carbonyl (C=O) groups excluding carboxylic acids is 2. The van der Waals surface area contributed by atoms with Crippen molar-refractivity contribution in [3.05, 3.63) is 0 Å². The first-order chi connectivity index (χ1) is 7.81. The van der Waals surface area contributed by atoms with Gasteiger partial charge in [-0.15, -0.1) is 0 Å². The Balaban J connectivity index is 1.92. The van der Waals surface area contributed by atoms with Crippen LogP contribution in [0.3, 0.4) is 0 Å². The summed E-state index contributed by atoms with van der Waals surface area (Å²) in [5, 5.41) is 0. The van der Waals surface area contributed by atoms with Crippen molar-refractivity contribution in [3.63, 3.8) is 0 Å². The van der Waals surface area contributed by atoms with Crippen LogP contribution < -0.4 is 0 Å². The third-order valence-electron chi connectivity index (χ3n) is 5.19. The van der Waals surface area contributed by atoms with Crippen LogP contribution in [-0.2, 0) is 9.59 Å². The van der Waals surface area contributed by atoms with E-state index in [1.54, 1.807) is 12.2 Å². The molecule has 0 aromatic rings. The highest BCUT2D eigenvalue weighted by molar-refractivity contribution is 5.36. The molecule has 0 amide bonds. The highest BCUT2D eigenvalue weighted by Crippen LogP contribution is 2.69. The molecule has 4 heteroatoms. The van der Waals surface area contributed by atoms with Crippen molar-refractivity contribution in [2.24, 2.45) is 33.2 Å². The lowest BCUT2D eigenvalue weighted by Gasteiger charge is -2.32. The number of hydrogen-bond acceptors (Lipinski definition) is 4. The van der Waals surface area contributed by atoms with Gasteiger partial charge in [0.15, 0.2) is 0 Å². The number of aliphatic imine (C=N–C) groups is 2. The van der Waals surface area contributed by atoms with E-state index in [1.807, 2.05) is 0 Å². The molecule has 84 valence electrons. The molecule has 3 fully saturated rings. The van der Waals surface area contributed by atoms with Gasteiger partial charge >= 0.3 is 0 Å². The minimum absolute atomic E-state index is 0.140. The highest BCUT2D eigenvalue weighted by atomic mass is 16.1. The Kier molecular flexibility index (Phi) is 2.10. The second-order valence-corrected chi connectivity index (χ2v) is 5.41. The molecule has 16 heavy (non-hydrogen) atoms. The maximum absolute atomic E-state index is 10.4. The molecule has 5 atom stereocenters. The molecule has 0 aliphatic heterocycles. The predicted molar refractivity (Wildman–Crippen MR) is 56.3 cm³/mol. The van der Waals surface area contributed by atoms with Gasteiger partial charge in [-0.25, -0.2) is 19.6 Å². The summed E-state index contributed by atoms with van der Waals surface area (Å²) in [5.74, 6) is 1.86. The Bertz CT molecular complexity index is 409. The van der Waals surface area contributed by atoms with Crippen molar-refractivity contribution in [1.82, 2.24) is 0 Å². The van der Waals surface area contributed by atoms with Gasteiger partial charge in [0, 0.05) is 0 Å². The quantitative estimate of drug-likeness (QED) is 0.532. The highest BCUT2D eigenvalue weighted by Gasteiger charge is 2.65. The van der Waals surface area contributed by atoms with Gasteiger partial charge in [0.05, 0.1) is 12.6 Å². The summed E-state index contributed by atoms with van der Waals surface area (Å²) in [6, 6.07) is 0.140. The minimum atomic E-state index is 0.140. The van der Waals surface area contributed by atoms with Crippen LogP contribution in [0.15, 0.2) is 9.98 Å². The molecule has 0 N–H and O–H groups in total. The van der Waals surface area contributed by atoms with E-state index in [0.29, 0.717) is 24.3 Å². The van der Waals surface area contributed by atoms with E-state index in [-0.39, 0.29) is 11.5 Å². The van der Waals surface area contributed by atoms with E-state index in [4.69, 9.17) is 0 Å². The molecule has 4 bridgehead atoms. The van der Waals surface area contributed by atoms with Gasteiger partial charge in [-0.1, -0.05) is 0 Å². The van der Waals surface area contributed by atoms with E-state index >= 15 is 0 Å². The SMILES string of the molecule is O=C=NCC12CC(N=C=O)C3CC1CCC32. The maximum Gasteiger partial charge on any atom is 0.235 e. The summed E-state index contributed by atoms with van der Waals surface area (Å²) in [6.07, 6.45) is 7.91. The van der Waals surface area contributed by atoms with Crippen LogP contribution in [0, 0.1) is 23.2 Å². The fraction of sp³-hybridized carbons (Fsp3) is 0.833. The van der Waals surface area contributed by atoms with Crippen LogP contribution in [0.5, 0.6) is 0 Å². The van der Waals surface area contributed by atoms with Crippen LogP contribution in [0.25, 0.3) is 0 Å². The summed E-state index contributed by atoms with van der Waals surface area (Å²) >= 11 is 0. The smallest absolute Gasteiger partial charge is 0.211 e. The fourth-order valence-electron chi connectivity index (χ4n) is 4.73. The average molecular weight is 218 g/mol. The van der Waals surface area contributed by atoms with Crippen LogP contribution in [0.2, 0.25) is 0 Å². The molecule has 0 radical (unpaired) electrons. The van der Waals surface area contributed by atoms with Crippen LogP contribution in [0.4, 0.5) is 0 Å². The summed E-state index contributed by atoms with van der Waals surface area (Å²) in [5.41, 5.74) is 0.160. The van der Waals surface area contributed by atoms with Crippen molar-refractivity contribution in [1.29, 1.82) is 0 Å². The lowest BCUT2D eigenvalue weighted by Crippen LogP contribution is -2.30. The summed E-state index contributed by atoms with van der Waals surface area (Å²) in [4.78, 5) is 28.4. The van der Waals surface area contributed by atoms with Crippen LogP contribution in [-0.4, -0.2) is 24.7 Å². The van der Waals surface area contributed by atoms with Gasteiger partial charge < -0.3 is 0 Å². The van der Waals surface area contributed by atoms with E-state index in [1.165, 1.54) is 12.8 Å². The fourth-order valence-corrected chi connectivity index (χ4v) is 4.73. The molecule has 3 aliphatic carbocycles. The molecule has 0 aromatic heterocycles. The van der Waals surface area contributed by atoms with Gasteiger partial charge in [-0.3, -0.25) is 0 Å². The van der Waals surface area contributed by atoms with Crippen molar-refractivity contribution in [3.8, 4) is 0 Å². The average Bonchev–Trinajstić information content (AvgIpc) is 2.89. The van der Waals surface area contributed by atoms with Gasteiger partial charge in [0.1, 0.15) is 0 Å². The Morgan fingerprint density at radius 2 is 2.12 bits per heavy atom. The Morgan fingerprint density at radius 1 is 1.25 bits per heavy atom. The zero-order valence-electron chi connectivity index (χ0n) is 9.06. The van der Waals surface area contributed by atoms with Gasteiger partial charge in [0.25, 0.3) is 0 Å². The normalized spacial score (nSPS) is 47.5. The molecular weight excluding hydrogens is 204 g/mol. The van der Waals surface area contributed by atoms with Crippen molar-refractivity contribution < 1.29 is 9.59 Å². The Labute approximate surface area is 93.8 Å². The summed E-state index contributed by atoms with van der Waals surface area (Å²) in [7, 11) is 0. The lowest BCUT2D eigenvalue weighted by molar-refractivity contribution is 0.197. The first kappa shape index (κ1) is 9.95. The second-order valence-electron chi connectivity index (χ2n) is 5.41. The standard InChI is InChI=1S/C12H14N2O2/c15-6-13-5-12-4-11(14-7-16)9-3-8(12)1-2-10(9)12/h8-11H,1-5H2. The molecule has 3 rings (SSSR count). The monoisotopic (exact) mass is 218 g/mol. The minimum Gasteiger partial charge on any atom is -0.211 e. The van der Waals surface area contributed by atoms with Crippen molar-refractivity contribution in [2.75, 3.05) is 6.54 Å². The zero-order valence-corrected chi connectivity index (χ0v) is 9.06.